The molecule has 1 aliphatic heterocycles. The fraction of sp³-hybridized carbons (Fsp3) is 0.355. The van der Waals surface area contributed by atoms with E-state index in [-0.39, 0.29) is 23.8 Å². The highest BCUT2D eigenvalue weighted by Crippen LogP contribution is 2.37. The highest BCUT2D eigenvalue weighted by atomic mass is 19.4. The minimum atomic E-state index is -4.73. The fourth-order valence-corrected chi connectivity index (χ4v) is 4.52. The summed E-state index contributed by atoms with van der Waals surface area (Å²) in [7, 11) is 1.47. The maximum absolute atomic E-state index is 13.8. The summed E-state index contributed by atoms with van der Waals surface area (Å²) in [4.78, 5) is 33.7. The van der Waals surface area contributed by atoms with E-state index < -0.39 is 29.1 Å². The van der Waals surface area contributed by atoms with Gasteiger partial charge in [-0.3, -0.25) is 4.79 Å². The van der Waals surface area contributed by atoms with Crippen molar-refractivity contribution in [2.45, 2.75) is 51.4 Å². The number of benzene rings is 2. The molecule has 4 N–H and O–H groups in total. The molecule has 0 radical (unpaired) electrons. The Morgan fingerprint density at radius 1 is 1.02 bits per heavy atom. The summed E-state index contributed by atoms with van der Waals surface area (Å²) in [5, 5.41) is 11.6. The molecule has 14 heteroatoms. The van der Waals surface area contributed by atoms with E-state index in [9.17, 15) is 22.8 Å². The Labute approximate surface area is 259 Å². The molecule has 0 atom stereocenters. The Kier molecular flexibility index (Phi) is 10.0. The van der Waals surface area contributed by atoms with Crippen LogP contribution in [-0.4, -0.2) is 58.7 Å². The first-order chi connectivity index (χ1) is 21.2. The number of hydrogen-bond acceptors (Lipinski definition) is 9. The van der Waals surface area contributed by atoms with Gasteiger partial charge < -0.3 is 35.6 Å². The quantitative estimate of drug-likeness (QED) is 0.187. The number of ether oxygens (including phenoxy) is 2. The molecule has 240 valence electrons. The van der Waals surface area contributed by atoms with Crippen LogP contribution in [0.3, 0.4) is 0 Å². The number of rotatable bonds is 9. The molecule has 3 aromatic rings. The number of carbonyl (C=O) groups excluding carboxylic acids is 2. The average molecular weight is 628 g/mol. The van der Waals surface area contributed by atoms with Gasteiger partial charge in [-0.2, -0.15) is 18.2 Å². The van der Waals surface area contributed by atoms with Gasteiger partial charge in [0.15, 0.2) is 0 Å². The first-order valence-corrected chi connectivity index (χ1v) is 14.2. The zero-order chi connectivity index (χ0) is 32.8. The SMILES string of the molecule is C=CC(=O)Nc1cccc(Nc2nc(Nc3ccc(NC4CCN(C(=O)OC(C)(C)C)CC4)cc3OC)ncc2C(F)(F)F)c1. The van der Waals surface area contributed by atoms with E-state index in [4.69, 9.17) is 9.47 Å². The summed E-state index contributed by atoms with van der Waals surface area (Å²) in [6, 6.07) is 11.5. The fourth-order valence-electron chi connectivity index (χ4n) is 4.52. The number of nitrogens with zero attached hydrogens (tertiary/aromatic N) is 3. The predicted octanol–water partition coefficient (Wildman–Crippen LogP) is 6.93. The van der Waals surface area contributed by atoms with E-state index in [1.807, 2.05) is 20.8 Å². The number of halogens is 3. The summed E-state index contributed by atoms with van der Waals surface area (Å²) in [5.74, 6) is -0.637. The molecule has 45 heavy (non-hydrogen) atoms. The highest BCUT2D eigenvalue weighted by Gasteiger charge is 2.35. The lowest BCUT2D eigenvalue weighted by molar-refractivity contribution is -0.137. The van der Waals surface area contributed by atoms with Crippen molar-refractivity contribution >= 4 is 46.5 Å². The van der Waals surface area contributed by atoms with Crippen LogP contribution in [0, 0.1) is 0 Å². The van der Waals surface area contributed by atoms with Crippen LogP contribution < -0.4 is 26.0 Å². The smallest absolute Gasteiger partial charge is 0.421 e. The van der Waals surface area contributed by atoms with Crippen molar-refractivity contribution in [1.82, 2.24) is 14.9 Å². The average Bonchev–Trinajstić information content (AvgIpc) is 2.97. The van der Waals surface area contributed by atoms with E-state index in [2.05, 4.69) is 37.8 Å². The predicted molar refractivity (Wildman–Crippen MR) is 166 cm³/mol. The van der Waals surface area contributed by atoms with E-state index >= 15 is 0 Å². The molecule has 1 saturated heterocycles. The number of alkyl halides is 3. The van der Waals surface area contributed by atoms with E-state index in [0.29, 0.717) is 36.4 Å². The van der Waals surface area contributed by atoms with Crippen LogP contribution in [0.15, 0.2) is 61.3 Å². The van der Waals surface area contributed by atoms with Crippen LogP contribution in [-0.2, 0) is 15.7 Å². The number of carbonyl (C=O) groups is 2. The number of methoxy groups -OCH3 is 1. The molecule has 1 fully saturated rings. The van der Waals surface area contributed by atoms with E-state index in [0.717, 1.165) is 24.6 Å². The second-order valence-corrected chi connectivity index (χ2v) is 11.3. The number of anilines is 6. The highest BCUT2D eigenvalue weighted by molar-refractivity contribution is 5.99. The number of nitrogens with one attached hydrogen (secondary N) is 4. The second kappa shape index (κ2) is 13.7. The Morgan fingerprint density at radius 2 is 1.73 bits per heavy atom. The molecule has 2 heterocycles. The standard InChI is InChI=1S/C31H36F3N7O4/c1-6-26(42)37-20-8-7-9-21(16-20)38-27-23(31(32,33)34)18-35-28(40-27)39-24-11-10-22(17-25(24)44-5)36-19-12-14-41(15-13-19)29(43)45-30(2,3)4/h6-11,16-19,36H,1,12-15H2,2-5H3,(H,37,42)(H2,35,38,39,40). The lowest BCUT2D eigenvalue weighted by Crippen LogP contribution is -2.44. The van der Waals surface area contributed by atoms with Crippen molar-refractivity contribution in [3.8, 4) is 5.75 Å². The monoisotopic (exact) mass is 627 g/mol. The van der Waals surface area contributed by atoms with Gasteiger partial charge in [-0.1, -0.05) is 12.6 Å². The van der Waals surface area contributed by atoms with Gasteiger partial charge in [-0.25, -0.2) is 9.78 Å². The lowest BCUT2D eigenvalue weighted by Gasteiger charge is -2.34. The normalized spacial score (nSPS) is 13.9. The van der Waals surface area contributed by atoms with Gasteiger partial charge in [0.2, 0.25) is 11.9 Å². The first-order valence-electron chi connectivity index (χ1n) is 14.2. The van der Waals surface area contributed by atoms with Gasteiger partial charge in [-0.05, 0) is 70.0 Å². The van der Waals surface area contributed by atoms with Crippen molar-refractivity contribution in [1.29, 1.82) is 0 Å². The zero-order valence-electron chi connectivity index (χ0n) is 25.4. The molecular formula is C31H36F3N7O4. The number of piperidine rings is 1. The molecule has 2 aromatic carbocycles. The van der Waals surface area contributed by atoms with Gasteiger partial charge in [-0.15, -0.1) is 0 Å². The summed E-state index contributed by atoms with van der Waals surface area (Å²) >= 11 is 0. The molecule has 0 unspecified atom stereocenters. The van der Waals surface area contributed by atoms with Crippen molar-refractivity contribution in [3.05, 3.63) is 66.9 Å². The minimum absolute atomic E-state index is 0.102. The van der Waals surface area contributed by atoms with Gasteiger partial charge in [0.25, 0.3) is 0 Å². The van der Waals surface area contributed by atoms with Gasteiger partial charge in [0.1, 0.15) is 22.7 Å². The molecule has 11 nitrogen and oxygen atoms in total. The largest absolute Gasteiger partial charge is 0.494 e. The summed E-state index contributed by atoms with van der Waals surface area (Å²) in [5.41, 5.74) is 0.196. The lowest BCUT2D eigenvalue weighted by atomic mass is 10.0. The van der Waals surface area contributed by atoms with Crippen molar-refractivity contribution in [3.63, 3.8) is 0 Å². The van der Waals surface area contributed by atoms with Crippen molar-refractivity contribution < 1.29 is 32.2 Å². The Hall–Kier alpha value is -5.01. The number of aromatic nitrogens is 2. The van der Waals surface area contributed by atoms with Crippen LogP contribution in [0.1, 0.15) is 39.2 Å². The van der Waals surface area contributed by atoms with E-state index in [1.165, 1.54) is 19.2 Å². The Bertz CT molecular complexity index is 1530. The van der Waals surface area contributed by atoms with Crippen LogP contribution in [0.4, 0.5) is 52.5 Å². The van der Waals surface area contributed by atoms with Gasteiger partial charge in [0, 0.05) is 48.5 Å². The molecule has 4 rings (SSSR count). The maximum atomic E-state index is 13.8. The minimum Gasteiger partial charge on any atom is -0.494 e. The molecule has 1 aromatic heterocycles. The Morgan fingerprint density at radius 3 is 2.38 bits per heavy atom. The molecular weight excluding hydrogens is 591 g/mol. The summed E-state index contributed by atoms with van der Waals surface area (Å²) in [6.45, 7) is 9.99. The van der Waals surface area contributed by atoms with Crippen LogP contribution in [0.2, 0.25) is 0 Å². The number of amides is 2. The number of likely N-dealkylation sites (tertiary alicyclic amines) is 1. The molecule has 0 aliphatic carbocycles. The molecule has 1 aliphatic rings. The topological polar surface area (TPSA) is 130 Å². The second-order valence-electron chi connectivity index (χ2n) is 11.3. The molecule has 0 bridgehead atoms. The molecule has 0 spiro atoms. The summed E-state index contributed by atoms with van der Waals surface area (Å²) in [6.07, 6.45) is -1.84. The van der Waals surface area contributed by atoms with Crippen molar-refractivity contribution in [2.75, 3.05) is 41.5 Å². The van der Waals surface area contributed by atoms with E-state index in [1.54, 1.807) is 35.2 Å². The maximum Gasteiger partial charge on any atom is 0.421 e. The van der Waals surface area contributed by atoms with Crippen LogP contribution >= 0.6 is 0 Å². The third-order valence-electron chi connectivity index (χ3n) is 6.64. The third-order valence-corrected chi connectivity index (χ3v) is 6.64. The number of hydrogen-bond donors (Lipinski definition) is 4. The van der Waals surface area contributed by atoms with Crippen LogP contribution in [0.5, 0.6) is 5.75 Å². The molecule has 2 amide bonds. The van der Waals surface area contributed by atoms with Crippen LogP contribution in [0.25, 0.3) is 0 Å². The molecule has 0 saturated carbocycles. The first kappa shape index (κ1) is 32.9. The Balaban J connectivity index is 1.47. The van der Waals surface area contributed by atoms with Gasteiger partial charge >= 0.3 is 12.3 Å². The summed E-state index contributed by atoms with van der Waals surface area (Å²) < 4.78 is 52.5. The third kappa shape index (κ3) is 9.24. The van der Waals surface area contributed by atoms with Crippen molar-refractivity contribution in [2.24, 2.45) is 0 Å². The van der Waals surface area contributed by atoms with Gasteiger partial charge in [0.05, 0.1) is 12.8 Å². The zero-order valence-corrected chi connectivity index (χ0v) is 25.4.